The minimum atomic E-state index is -3.44. The normalized spacial score (nSPS) is 14.7. The van der Waals surface area contributed by atoms with Crippen LogP contribution in [0.5, 0.6) is 0 Å². The van der Waals surface area contributed by atoms with Crippen LogP contribution in [0.15, 0.2) is 54.6 Å². The van der Waals surface area contributed by atoms with Gasteiger partial charge in [0.15, 0.2) is 0 Å². The van der Waals surface area contributed by atoms with Gasteiger partial charge < -0.3 is 4.90 Å². The molecule has 26 heavy (non-hydrogen) atoms. The first-order valence-electron chi connectivity index (χ1n) is 8.78. The topological polar surface area (TPSA) is 57.7 Å². The Hall–Kier alpha value is -2.18. The first kappa shape index (κ1) is 18.6. The van der Waals surface area contributed by atoms with E-state index in [2.05, 4.69) is 0 Å². The average molecular weight is 372 g/mol. The van der Waals surface area contributed by atoms with Crippen LogP contribution in [0.3, 0.4) is 0 Å². The van der Waals surface area contributed by atoms with Crippen molar-refractivity contribution in [2.45, 2.75) is 25.9 Å². The summed E-state index contributed by atoms with van der Waals surface area (Å²) in [7, 11) is -1.73. The van der Waals surface area contributed by atoms with Crippen LogP contribution >= 0.6 is 0 Å². The molecule has 5 nitrogen and oxygen atoms in total. The van der Waals surface area contributed by atoms with Gasteiger partial charge in [0.25, 0.3) is 0 Å². The van der Waals surface area contributed by atoms with E-state index in [1.807, 2.05) is 54.6 Å². The van der Waals surface area contributed by atoms with E-state index >= 15 is 0 Å². The van der Waals surface area contributed by atoms with Crippen molar-refractivity contribution in [2.75, 3.05) is 19.3 Å². The Morgan fingerprint density at radius 3 is 2.42 bits per heavy atom. The Kier molecular flexibility index (Phi) is 5.74. The van der Waals surface area contributed by atoms with Crippen molar-refractivity contribution in [2.24, 2.45) is 0 Å². The number of amides is 1. The molecule has 0 bridgehead atoms. The van der Waals surface area contributed by atoms with Crippen molar-refractivity contribution in [3.05, 3.63) is 71.3 Å². The summed E-state index contributed by atoms with van der Waals surface area (Å²) in [4.78, 5) is 13.9. The van der Waals surface area contributed by atoms with Crippen LogP contribution < -0.4 is 0 Å². The molecule has 0 fully saturated rings. The summed E-state index contributed by atoms with van der Waals surface area (Å²) in [6.07, 6.45) is 0.723. The van der Waals surface area contributed by atoms with Gasteiger partial charge in [-0.05, 0) is 23.1 Å². The second kappa shape index (κ2) is 8.01. The molecule has 1 aliphatic heterocycles. The summed E-state index contributed by atoms with van der Waals surface area (Å²) in [5.74, 6) is -0.303. The molecule has 0 aromatic heterocycles. The van der Waals surface area contributed by atoms with E-state index in [9.17, 15) is 13.2 Å². The third kappa shape index (κ3) is 4.51. The summed E-state index contributed by atoms with van der Waals surface area (Å²) in [5, 5.41) is 0. The molecule has 0 radical (unpaired) electrons. The number of hydrogen-bond acceptors (Lipinski definition) is 3. The highest BCUT2D eigenvalue weighted by atomic mass is 32.2. The molecule has 2 aromatic carbocycles. The van der Waals surface area contributed by atoms with E-state index in [1.54, 1.807) is 11.9 Å². The molecule has 0 saturated carbocycles. The van der Waals surface area contributed by atoms with Crippen molar-refractivity contribution in [3.63, 3.8) is 0 Å². The number of carbonyl (C=O) groups excluding carboxylic acids is 1. The molecule has 3 rings (SSSR count). The molecule has 1 heterocycles. The number of hydrogen-bond donors (Lipinski definition) is 0. The fourth-order valence-corrected chi connectivity index (χ4v) is 4.58. The van der Waals surface area contributed by atoms with E-state index in [4.69, 9.17) is 0 Å². The number of fused-ring (bicyclic) bond motifs is 1. The van der Waals surface area contributed by atoms with Gasteiger partial charge in [0.05, 0.1) is 5.75 Å². The van der Waals surface area contributed by atoms with Crippen molar-refractivity contribution >= 4 is 15.9 Å². The summed E-state index contributed by atoms with van der Waals surface area (Å²) in [5.41, 5.74) is 3.28. The van der Waals surface area contributed by atoms with Crippen LogP contribution in [0.2, 0.25) is 0 Å². The second-order valence-electron chi connectivity index (χ2n) is 6.65. The zero-order valence-corrected chi connectivity index (χ0v) is 15.8. The van der Waals surface area contributed by atoms with Gasteiger partial charge in [-0.2, -0.15) is 4.31 Å². The summed E-state index contributed by atoms with van der Waals surface area (Å²) >= 11 is 0. The zero-order valence-electron chi connectivity index (χ0n) is 15.0. The Labute approximate surface area is 155 Å². The lowest BCUT2D eigenvalue weighted by Gasteiger charge is -2.28. The van der Waals surface area contributed by atoms with Crippen LogP contribution in [0, 0.1) is 0 Å². The van der Waals surface area contributed by atoms with Gasteiger partial charge in [0.2, 0.25) is 15.9 Å². The van der Waals surface area contributed by atoms with Crippen LogP contribution in [-0.2, 0) is 34.3 Å². The molecular weight excluding hydrogens is 348 g/mol. The van der Waals surface area contributed by atoms with Gasteiger partial charge in [-0.1, -0.05) is 54.6 Å². The van der Waals surface area contributed by atoms with Gasteiger partial charge in [0, 0.05) is 33.1 Å². The average Bonchev–Trinajstić information content (AvgIpc) is 2.66. The van der Waals surface area contributed by atoms with Gasteiger partial charge in [-0.25, -0.2) is 8.42 Å². The van der Waals surface area contributed by atoms with Crippen LogP contribution in [0.4, 0.5) is 0 Å². The second-order valence-corrected chi connectivity index (χ2v) is 8.74. The fourth-order valence-electron chi connectivity index (χ4n) is 3.19. The molecule has 1 aliphatic rings. The van der Waals surface area contributed by atoms with Crippen molar-refractivity contribution in [1.29, 1.82) is 0 Å². The molecule has 6 heteroatoms. The van der Waals surface area contributed by atoms with Gasteiger partial charge >= 0.3 is 0 Å². The lowest BCUT2D eigenvalue weighted by molar-refractivity contribution is -0.130. The smallest absolute Gasteiger partial charge is 0.223 e. The summed E-state index contributed by atoms with van der Waals surface area (Å²) in [6, 6.07) is 17.6. The number of benzene rings is 2. The lowest BCUT2D eigenvalue weighted by atomic mass is 10.0. The fraction of sp³-hybridized carbons (Fsp3) is 0.350. The van der Waals surface area contributed by atoms with E-state index < -0.39 is 10.0 Å². The first-order chi connectivity index (χ1) is 12.5. The maximum absolute atomic E-state index is 12.6. The number of nitrogens with zero attached hydrogens (tertiary/aromatic N) is 2. The van der Waals surface area contributed by atoms with Gasteiger partial charge in [-0.15, -0.1) is 0 Å². The van der Waals surface area contributed by atoms with Crippen molar-refractivity contribution < 1.29 is 13.2 Å². The van der Waals surface area contributed by atoms with Crippen molar-refractivity contribution in [3.8, 4) is 0 Å². The van der Waals surface area contributed by atoms with E-state index in [1.165, 1.54) is 9.87 Å². The molecule has 0 unspecified atom stereocenters. The quantitative estimate of drug-likeness (QED) is 0.782. The van der Waals surface area contributed by atoms with Gasteiger partial charge in [-0.3, -0.25) is 4.79 Å². The Morgan fingerprint density at radius 1 is 1.04 bits per heavy atom. The predicted molar refractivity (Wildman–Crippen MR) is 102 cm³/mol. The number of rotatable bonds is 6. The van der Waals surface area contributed by atoms with Gasteiger partial charge in [0.1, 0.15) is 0 Å². The number of carbonyl (C=O) groups is 1. The highest BCUT2D eigenvalue weighted by molar-refractivity contribution is 7.89. The molecular formula is C20H24N2O3S. The molecule has 138 valence electrons. The molecule has 2 aromatic rings. The lowest BCUT2D eigenvalue weighted by Crippen LogP contribution is -2.38. The monoisotopic (exact) mass is 372 g/mol. The highest BCUT2D eigenvalue weighted by Crippen LogP contribution is 2.21. The first-order valence-corrected chi connectivity index (χ1v) is 10.4. The van der Waals surface area contributed by atoms with Crippen LogP contribution in [0.25, 0.3) is 0 Å². The molecule has 0 aliphatic carbocycles. The third-order valence-electron chi connectivity index (χ3n) is 4.75. The Morgan fingerprint density at radius 2 is 1.69 bits per heavy atom. The zero-order chi connectivity index (χ0) is 18.6. The molecule has 0 saturated heterocycles. The molecule has 0 N–H and O–H groups in total. The van der Waals surface area contributed by atoms with Crippen molar-refractivity contribution in [1.82, 2.24) is 9.21 Å². The van der Waals surface area contributed by atoms with E-state index in [-0.39, 0.29) is 18.1 Å². The maximum atomic E-state index is 12.6. The summed E-state index contributed by atoms with van der Waals surface area (Å²) in [6.45, 7) is 1.36. The SMILES string of the molecule is CN(Cc1ccccc1)C(=O)CCS(=O)(=O)N1CCc2ccccc2C1. The van der Waals surface area contributed by atoms with E-state index in [0.717, 1.165) is 17.5 Å². The number of sulfonamides is 1. The molecule has 0 spiro atoms. The Bertz CT molecular complexity index is 866. The largest absolute Gasteiger partial charge is 0.341 e. The molecule has 1 amide bonds. The van der Waals surface area contributed by atoms with Crippen LogP contribution in [0.1, 0.15) is 23.1 Å². The maximum Gasteiger partial charge on any atom is 0.223 e. The Balaban J connectivity index is 1.56. The molecule has 0 atom stereocenters. The third-order valence-corrected chi connectivity index (χ3v) is 6.57. The summed E-state index contributed by atoms with van der Waals surface area (Å²) < 4.78 is 26.8. The van der Waals surface area contributed by atoms with E-state index in [0.29, 0.717) is 19.6 Å². The van der Waals surface area contributed by atoms with Crippen LogP contribution in [-0.4, -0.2) is 42.9 Å². The predicted octanol–water partition coefficient (Wildman–Crippen LogP) is 2.42. The minimum Gasteiger partial charge on any atom is -0.341 e. The minimum absolute atomic E-state index is 0.00378. The standard InChI is InChI=1S/C20H24N2O3S/c1-21(15-17-7-3-2-4-8-17)20(23)12-14-26(24,25)22-13-11-18-9-5-6-10-19(18)16-22/h2-10H,11-16H2,1H3. The highest BCUT2D eigenvalue weighted by Gasteiger charge is 2.27.